The van der Waals surface area contributed by atoms with Crippen molar-refractivity contribution in [3.8, 4) is 5.75 Å². The summed E-state index contributed by atoms with van der Waals surface area (Å²) >= 11 is 0. The smallest absolute Gasteiger partial charge is 0.119 e. The molecule has 2 aromatic rings. The molecule has 1 atom stereocenters. The van der Waals surface area contributed by atoms with E-state index in [-0.39, 0.29) is 12.4 Å². The van der Waals surface area contributed by atoms with Crippen molar-refractivity contribution in [1.82, 2.24) is 4.90 Å². The lowest BCUT2D eigenvalue weighted by Crippen LogP contribution is -2.41. The van der Waals surface area contributed by atoms with Gasteiger partial charge >= 0.3 is 0 Å². The van der Waals surface area contributed by atoms with Crippen molar-refractivity contribution < 1.29 is 9.84 Å². The molecule has 0 saturated carbocycles. The summed E-state index contributed by atoms with van der Waals surface area (Å²) in [4.78, 5) is 2.36. The summed E-state index contributed by atoms with van der Waals surface area (Å²) in [6.07, 6.45) is 3.16. The summed E-state index contributed by atoms with van der Waals surface area (Å²) in [5.41, 5.74) is 1.44. The molecular weight excluding hydrogens is 334 g/mol. The first-order valence-corrected chi connectivity index (χ1v) is 8.92. The molecule has 1 N–H and O–H groups in total. The molecule has 1 saturated heterocycles. The normalized spacial score (nSPS) is 16.8. The van der Waals surface area contributed by atoms with Gasteiger partial charge in [-0.3, -0.25) is 0 Å². The molecule has 3 nitrogen and oxygen atoms in total. The quantitative estimate of drug-likeness (QED) is 0.814. The summed E-state index contributed by atoms with van der Waals surface area (Å²) in [5, 5.41) is 10.2. The maximum absolute atomic E-state index is 10.2. The Morgan fingerprint density at radius 2 is 1.56 bits per heavy atom. The van der Waals surface area contributed by atoms with Crippen LogP contribution < -0.4 is 4.74 Å². The van der Waals surface area contributed by atoms with Crippen molar-refractivity contribution in [3.05, 3.63) is 66.2 Å². The number of aliphatic hydroxyl groups excluding tert-OH is 1. The van der Waals surface area contributed by atoms with E-state index in [1.807, 2.05) is 30.3 Å². The molecule has 1 fully saturated rings. The van der Waals surface area contributed by atoms with Crippen LogP contribution in [0.25, 0.3) is 0 Å². The van der Waals surface area contributed by atoms with Crippen LogP contribution in [0.1, 0.15) is 18.4 Å². The number of β-amino-alcohol motifs (C(OH)–C–C–N with tert-alkyl or cyclic N) is 1. The standard InChI is InChI=1S/C21H27NO2.ClH/c23-20(17-24-21-9-5-2-6-10-21)16-22-13-11-19(12-14-22)15-18-7-3-1-4-8-18;/h1-10,19-20,23H,11-17H2;1H. The molecule has 1 aliphatic heterocycles. The molecule has 3 rings (SSSR count). The van der Waals surface area contributed by atoms with E-state index in [2.05, 4.69) is 35.2 Å². The number of ether oxygens (including phenoxy) is 1. The summed E-state index contributed by atoms with van der Waals surface area (Å²) in [7, 11) is 0. The number of hydrogen-bond donors (Lipinski definition) is 1. The monoisotopic (exact) mass is 361 g/mol. The van der Waals surface area contributed by atoms with Gasteiger partial charge in [-0.25, -0.2) is 0 Å². The fraction of sp³-hybridized carbons (Fsp3) is 0.429. The first-order chi connectivity index (χ1) is 11.8. The van der Waals surface area contributed by atoms with E-state index >= 15 is 0 Å². The van der Waals surface area contributed by atoms with E-state index in [0.29, 0.717) is 13.2 Å². The maximum atomic E-state index is 10.2. The minimum absolute atomic E-state index is 0. The van der Waals surface area contributed by atoms with Crippen molar-refractivity contribution in [3.63, 3.8) is 0 Å². The van der Waals surface area contributed by atoms with Crippen molar-refractivity contribution in [2.75, 3.05) is 26.2 Å². The number of para-hydroxylation sites is 1. The third-order valence-corrected chi connectivity index (χ3v) is 4.73. The molecule has 0 aromatic heterocycles. The molecule has 0 bridgehead atoms. The summed E-state index contributed by atoms with van der Waals surface area (Å²) < 4.78 is 5.63. The van der Waals surface area contributed by atoms with Gasteiger partial charge in [0.2, 0.25) is 0 Å². The topological polar surface area (TPSA) is 32.7 Å². The van der Waals surface area contributed by atoms with Gasteiger partial charge in [-0.05, 0) is 56.0 Å². The number of benzene rings is 2. The highest BCUT2D eigenvalue weighted by Crippen LogP contribution is 2.21. The molecule has 4 heteroatoms. The molecular formula is C21H28ClNO2. The third-order valence-electron chi connectivity index (χ3n) is 4.73. The van der Waals surface area contributed by atoms with Gasteiger partial charge in [0.05, 0.1) is 0 Å². The molecule has 136 valence electrons. The largest absolute Gasteiger partial charge is 0.491 e. The second-order valence-corrected chi connectivity index (χ2v) is 6.71. The molecule has 25 heavy (non-hydrogen) atoms. The molecule has 0 amide bonds. The fourth-order valence-corrected chi connectivity index (χ4v) is 3.38. The Morgan fingerprint density at radius 1 is 0.960 bits per heavy atom. The number of likely N-dealkylation sites (tertiary alicyclic amines) is 1. The molecule has 0 radical (unpaired) electrons. The predicted octanol–water partition coefficient (Wildman–Crippen LogP) is 3.80. The lowest BCUT2D eigenvalue weighted by molar-refractivity contribution is 0.0550. The van der Waals surface area contributed by atoms with Gasteiger partial charge in [0.25, 0.3) is 0 Å². The number of hydrogen-bond acceptors (Lipinski definition) is 3. The molecule has 0 aliphatic carbocycles. The Hall–Kier alpha value is -1.55. The first kappa shape index (κ1) is 19.8. The van der Waals surface area contributed by atoms with E-state index in [1.54, 1.807) is 0 Å². The zero-order valence-electron chi connectivity index (χ0n) is 14.6. The summed E-state index contributed by atoms with van der Waals surface area (Å²) in [6, 6.07) is 20.4. The summed E-state index contributed by atoms with van der Waals surface area (Å²) in [5.74, 6) is 1.58. The Balaban J connectivity index is 0.00000225. The van der Waals surface area contributed by atoms with Crippen LogP contribution in [0.15, 0.2) is 60.7 Å². The van der Waals surface area contributed by atoms with E-state index in [0.717, 1.165) is 24.8 Å². The van der Waals surface area contributed by atoms with Gasteiger partial charge in [0, 0.05) is 6.54 Å². The maximum Gasteiger partial charge on any atom is 0.119 e. The number of piperidine rings is 1. The first-order valence-electron chi connectivity index (χ1n) is 8.92. The number of nitrogens with zero attached hydrogens (tertiary/aromatic N) is 1. The highest BCUT2D eigenvalue weighted by molar-refractivity contribution is 5.85. The van der Waals surface area contributed by atoms with E-state index in [1.165, 1.54) is 24.8 Å². The highest BCUT2D eigenvalue weighted by atomic mass is 35.5. The SMILES string of the molecule is Cl.OC(COc1ccccc1)CN1CCC(Cc2ccccc2)CC1. The van der Waals surface area contributed by atoms with Gasteiger partial charge in [-0.2, -0.15) is 0 Å². The van der Waals surface area contributed by atoms with Crippen molar-refractivity contribution >= 4 is 12.4 Å². The Morgan fingerprint density at radius 3 is 2.20 bits per heavy atom. The predicted molar refractivity (Wildman–Crippen MR) is 105 cm³/mol. The third kappa shape index (κ3) is 6.69. The van der Waals surface area contributed by atoms with Crippen LogP contribution in [0.5, 0.6) is 5.75 Å². The zero-order chi connectivity index (χ0) is 16.6. The molecule has 1 aliphatic rings. The van der Waals surface area contributed by atoms with Crippen molar-refractivity contribution in [2.24, 2.45) is 5.92 Å². The second-order valence-electron chi connectivity index (χ2n) is 6.71. The van der Waals surface area contributed by atoms with Gasteiger partial charge in [-0.15, -0.1) is 12.4 Å². The van der Waals surface area contributed by atoms with E-state index in [9.17, 15) is 5.11 Å². The van der Waals surface area contributed by atoms with Gasteiger partial charge in [0.15, 0.2) is 0 Å². The van der Waals surface area contributed by atoms with Crippen molar-refractivity contribution in [1.29, 1.82) is 0 Å². The van der Waals surface area contributed by atoms with Crippen LogP contribution in [0.4, 0.5) is 0 Å². The average molecular weight is 362 g/mol. The van der Waals surface area contributed by atoms with Crippen LogP contribution >= 0.6 is 12.4 Å². The lowest BCUT2D eigenvalue weighted by atomic mass is 9.90. The number of halogens is 1. The molecule has 1 heterocycles. The van der Waals surface area contributed by atoms with Gasteiger partial charge in [0.1, 0.15) is 18.5 Å². The molecule has 2 aromatic carbocycles. The molecule has 0 spiro atoms. The molecule has 1 unspecified atom stereocenters. The average Bonchev–Trinajstić information content (AvgIpc) is 2.63. The fourth-order valence-electron chi connectivity index (χ4n) is 3.38. The Kier molecular flexibility index (Phi) is 8.26. The Bertz CT molecular complexity index is 585. The van der Waals surface area contributed by atoms with Gasteiger partial charge in [-0.1, -0.05) is 48.5 Å². The number of aliphatic hydroxyl groups is 1. The number of rotatable bonds is 7. The zero-order valence-corrected chi connectivity index (χ0v) is 15.4. The van der Waals surface area contributed by atoms with Crippen LogP contribution in [-0.4, -0.2) is 42.4 Å². The second kappa shape index (κ2) is 10.4. The summed E-state index contributed by atoms with van der Waals surface area (Å²) in [6.45, 7) is 3.19. The van der Waals surface area contributed by atoms with Crippen LogP contribution in [0.3, 0.4) is 0 Å². The van der Waals surface area contributed by atoms with Crippen LogP contribution in [0.2, 0.25) is 0 Å². The minimum Gasteiger partial charge on any atom is -0.491 e. The van der Waals surface area contributed by atoms with Gasteiger partial charge < -0.3 is 14.7 Å². The van der Waals surface area contributed by atoms with Crippen LogP contribution in [0, 0.1) is 5.92 Å². The van der Waals surface area contributed by atoms with Crippen molar-refractivity contribution in [2.45, 2.75) is 25.4 Å². The van der Waals surface area contributed by atoms with E-state index in [4.69, 9.17) is 4.74 Å². The lowest BCUT2D eigenvalue weighted by Gasteiger charge is -2.33. The Labute approximate surface area is 157 Å². The van der Waals surface area contributed by atoms with Crippen LogP contribution in [-0.2, 0) is 6.42 Å². The minimum atomic E-state index is -0.434. The van der Waals surface area contributed by atoms with E-state index < -0.39 is 6.10 Å². The highest BCUT2D eigenvalue weighted by Gasteiger charge is 2.21.